The first-order valence-corrected chi connectivity index (χ1v) is 11.2. The molecule has 3 aromatic carbocycles. The van der Waals surface area contributed by atoms with Crippen LogP contribution in [0.2, 0.25) is 0 Å². The zero-order valence-corrected chi connectivity index (χ0v) is 20.9. The fraction of sp³-hybridized carbons (Fsp3) is 0.0909. The van der Waals surface area contributed by atoms with Gasteiger partial charge in [0.25, 0.3) is 0 Å². The second-order valence-electron chi connectivity index (χ2n) is 6.66. The molecule has 0 aliphatic carbocycles. The first-order chi connectivity index (χ1) is 16.0. The lowest BCUT2D eigenvalue weighted by Crippen LogP contribution is -2.13. The van der Waals surface area contributed by atoms with Gasteiger partial charge in [0.1, 0.15) is 48.1 Å². The highest BCUT2D eigenvalue weighted by Crippen LogP contribution is 2.24. The third-order valence-electron chi connectivity index (χ3n) is 4.40. The minimum Gasteiger partial charge on any atom is -0.457 e. The van der Waals surface area contributed by atoms with Crippen LogP contribution in [-0.4, -0.2) is 11.9 Å². The molecule has 0 aliphatic rings. The molecule has 0 atom stereocenters. The Morgan fingerprint density at radius 2 is 0.882 bits per heavy atom. The molecule has 3 aromatic rings. The van der Waals surface area contributed by atoms with Crippen molar-refractivity contribution in [3.63, 3.8) is 0 Å². The summed E-state index contributed by atoms with van der Waals surface area (Å²) in [5.41, 5.74) is -1.36. The Morgan fingerprint density at radius 3 is 1.18 bits per heavy atom. The second-order valence-corrected chi connectivity index (χ2v) is 8.98. The van der Waals surface area contributed by atoms with E-state index in [0.29, 0.717) is 24.3 Å². The number of ether oxygens (including phenoxy) is 2. The molecule has 0 saturated heterocycles. The molecule has 0 aliphatic heterocycles. The van der Waals surface area contributed by atoms with Gasteiger partial charge in [0.15, 0.2) is 0 Å². The van der Waals surface area contributed by atoms with Crippen LogP contribution in [0.3, 0.4) is 0 Å². The summed E-state index contributed by atoms with van der Waals surface area (Å²) in [6, 6.07) is 4.29. The number of hydrogen-bond donors (Lipinski definition) is 0. The van der Waals surface area contributed by atoms with Crippen LogP contribution in [-0.2, 0) is 22.7 Å². The molecular formula is C22H10F6I2O4. The lowest BCUT2D eigenvalue weighted by molar-refractivity contribution is 0.0448. The predicted molar refractivity (Wildman–Crippen MR) is 123 cm³/mol. The normalized spacial score (nSPS) is 10.8. The molecule has 0 saturated carbocycles. The molecule has 0 N–H and O–H groups in total. The average molecular weight is 706 g/mol. The molecule has 0 radical (unpaired) electrons. The van der Waals surface area contributed by atoms with E-state index >= 15 is 0 Å². The van der Waals surface area contributed by atoms with Gasteiger partial charge in [0.05, 0.1) is 22.3 Å². The number of carbonyl (C=O) groups is 2. The molecule has 3 rings (SSSR count). The number of hydrogen-bond acceptors (Lipinski definition) is 4. The molecule has 0 fully saturated rings. The van der Waals surface area contributed by atoms with Crippen LogP contribution >= 0.6 is 45.2 Å². The topological polar surface area (TPSA) is 52.6 Å². The number of benzene rings is 3. The van der Waals surface area contributed by atoms with E-state index < -0.39 is 71.2 Å². The van der Waals surface area contributed by atoms with Crippen molar-refractivity contribution in [1.29, 1.82) is 0 Å². The molecule has 0 bridgehead atoms. The highest BCUT2D eigenvalue weighted by Gasteiger charge is 2.22. The summed E-state index contributed by atoms with van der Waals surface area (Å²) in [4.78, 5) is 24.8. The predicted octanol–water partition coefficient (Wildman–Crippen LogP) is 6.44. The van der Waals surface area contributed by atoms with Crippen LogP contribution in [0.1, 0.15) is 31.8 Å². The van der Waals surface area contributed by atoms with Crippen molar-refractivity contribution in [2.24, 2.45) is 0 Å². The van der Waals surface area contributed by atoms with Crippen molar-refractivity contribution in [2.75, 3.05) is 0 Å². The highest BCUT2D eigenvalue weighted by molar-refractivity contribution is 14.1. The van der Waals surface area contributed by atoms with E-state index in [4.69, 9.17) is 9.47 Å². The van der Waals surface area contributed by atoms with Crippen molar-refractivity contribution in [2.45, 2.75) is 13.2 Å². The van der Waals surface area contributed by atoms with E-state index in [-0.39, 0.29) is 18.3 Å². The maximum absolute atomic E-state index is 13.7. The third kappa shape index (κ3) is 6.00. The van der Waals surface area contributed by atoms with E-state index in [2.05, 4.69) is 0 Å². The van der Waals surface area contributed by atoms with Gasteiger partial charge < -0.3 is 9.47 Å². The van der Waals surface area contributed by atoms with Crippen LogP contribution in [0, 0.1) is 42.0 Å². The van der Waals surface area contributed by atoms with Crippen LogP contribution in [0.25, 0.3) is 0 Å². The standard InChI is InChI=1S/C22H10F6I2O4/c23-9-1-15(25)13(16(26)2-9)7-33-21(31)11-5-20(30)12(6-19(11)29)22(32)34-8-14-17(27)3-10(24)4-18(14)28/h1-6H,7-8H2. The van der Waals surface area contributed by atoms with Crippen LogP contribution < -0.4 is 0 Å². The fourth-order valence-corrected chi connectivity index (χ4v) is 4.09. The van der Waals surface area contributed by atoms with Gasteiger partial charge in [-0.2, -0.15) is 0 Å². The summed E-state index contributed by atoms with van der Waals surface area (Å²) in [5, 5.41) is 0. The number of rotatable bonds is 6. The molecule has 0 spiro atoms. The molecular weight excluding hydrogens is 696 g/mol. The maximum atomic E-state index is 13.7. The molecule has 34 heavy (non-hydrogen) atoms. The zero-order valence-electron chi connectivity index (χ0n) is 16.5. The second kappa shape index (κ2) is 10.9. The van der Waals surface area contributed by atoms with Gasteiger partial charge in [0, 0.05) is 31.4 Å². The van der Waals surface area contributed by atoms with E-state index in [1.54, 1.807) is 45.2 Å². The molecule has 12 heteroatoms. The van der Waals surface area contributed by atoms with Crippen molar-refractivity contribution < 1.29 is 45.4 Å². The molecule has 0 heterocycles. The van der Waals surface area contributed by atoms with Gasteiger partial charge in [-0.05, 0) is 57.3 Å². The van der Waals surface area contributed by atoms with Gasteiger partial charge in [-0.25, -0.2) is 35.9 Å². The summed E-state index contributed by atoms with van der Waals surface area (Å²) in [6.07, 6.45) is 0. The number of halogens is 8. The van der Waals surface area contributed by atoms with Gasteiger partial charge >= 0.3 is 11.9 Å². The first-order valence-electron chi connectivity index (χ1n) is 9.08. The monoisotopic (exact) mass is 706 g/mol. The Labute approximate surface area is 215 Å². The Bertz CT molecular complexity index is 1150. The van der Waals surface area contributed by atoms with Crippen molar-refractivity contribution in [3.05, 3.63) is 101 Å². The lowest BCUT2D eigenvalue weighted by Gasteiger charge is -2.12. The van der Waals surface area contributed by atoms with Crippen molar-refractivity contribution >= 4 is 57.1 Å². The maximum Gasteiger partial charge on any atom is 0.339 e. The van der Waals surface area contributed by atoms with E-state index in [9.17, 15) is 35.9 Å². The quantitative estimate of drug-likeness (QED) is 0.168. The smallest absolute Gasteiger partial charge is 0.339 e. The summed E-state index contributed by atoms with van der Waals surface area (Å²) < 4.78 is 91.1. The molecule has 0 aromatic heterocycles. The fourth-order valence-electron chi connectivity index (χ4n) is 2.71. The Hall–Kier alpha value is -2.36. The molecule has 0 amide bonds. The highest BCUT2D eigenvalue weighted by atomic mass is 127. The molecule has 4 nitrogen and oxygen atoms in total. The van der Waals surface area contributed by atoms with Gasteiger partial charge in [-0.15, -0.1) is 0 Å². The van der Waals surface area contributed by atoms with Crippen molar-refractivity contribution in [3.8, 4) is 0 Å². The Balaban J connectivity index is 1.73. The van der Waals surface area contributed by atoms with Gasteiger partial charge in [-0.1, -0.05) is 0 Å². The van der Waals surface area contributed by atoms with E-state index in [0.717, 1.165) is 0 Å². The van der Waals surface area contributed by atoms with E-state index in [1.807, 2.05) is 0 Å². The summed E-state index contributed by atoms with van der Waals surface area (Å²) in [7, 11) is 0. The Kier molecular flexibility index (Phi) is 8.43. The lowest BCUT2D eigenvalue weighted by atomic mass is 10.1. The summed E-state index contributed by atoms with van der Waals surface area (Å²) >= 11 is 3.41. The molecule has 0 unspecified atom stereocenters. The van der Waals surface area contributed by atoms with Crippen molar-refractivity contribution in [1.82, 2.24) is 0 Å². The minimum atomic E-state index is -1.22. The van der Waals surface area contributed by atoms with Crippen LogP contribution in [0.15, 0.2) is 36.4 Å². The largest absolute Gasteiger partial charge is 0.457 e. The van der Waals surface area contributed by atoms with Gasteiger partial charge in [-0.3, -0.25) is 0 Å². The number of carbonyl (C=O) groups excluding carboxylic acids is 2. The average Bonchev–Trinajstić information content (AvgIpc) is 2.73. The van der Waals surface area contributed by atoms with E-state index in [1.165, 1.54) is 12.1 Å². The minimum absolute atomic E-state index is 0.0416. The summed E-state index contributed by atoms with van der Waals surface area (Å²) in [6.45, 7) is -1.61. The first kappa shape index (κ1) is 26.2. The van der Waals surface area contributed by atoms with Gasteiger partial charge in [0.2, 0.25) is 0 Å². The number of esters is 2. The third-order valence-corrected chi connectivity index (χ3v) is 6.19. The molecule has 178 valence electrons. The Morgan fingerprint density at radius 1 is 0.588 bits per heavy atom. The summed E-state index contributed by atoms with van der Waals surface area (Å²) in [5.74, 6) is -9.07. The van der Waals surface area contributed by atoms with Crippen LogP contribution in [0.4, 0.5) is 26.3 Å². The van der Waals surface area contributed by atoms with Crippen LogP contribution in [0.5, 0.6) is 0 Å². The SMILES string of the molecule is O=C(OCc1c(F)cc(F)cc1F)c1cc(I)c(C(=O)OCc2c(F)cc(F)cc2F)cc1I. The zero-order chi connectivity index (χ0) is 25.2.